The summed E-state index contributed by atoms with van der Waals surface area (Å²) < 4.78 is 57.7. The Balaban J connectivity index is 0.000000233. The van der Waals surface area contributed by atoms with E-state index in [1.165, 1.54) is 11.6 Å². The number of hydrogen-bond donors (Lipinski definition) is 6. The van der Waals surface area contributed by atoms with E-state index < -0.39 is 45.8 Å². The molecule has 0 radical (unpaired) electrons. The maximum absolute atomic E-state index is 13.6. The van der Waals surface area contributed by atoms with Crippen LogP contribution < -0.4 is 24.8 Å². The average molecular weight is 1020 g/mol. The second kappa shape index (κ2) is 24.8. The molecule has 13 nitrogen and oxygen atoms in total. The van der Waals surface area contributed by atoms with Crippen LogP contribution in [0.1, 0.15) is 91.2 Å². The Morgan fingerprint density at radius 3 is 1.68 bits per heavy atom. The summed E-state index contributed by atoms with van der Waals surface area (Å²) in [7, 11) is 0. The third-order valence-corrected chi connectivity index (χ3v) is 14.3. The van der Waals surface area contributed by atoms with Gasteiger partial charge in [0.25, 0.3) is 0 Å². The summed E-state index contributed by atoms with van der Waals surface area (Å²) in [5.41, 5.74) is 0.338. The molecule has 7 rings (SSSR count). The summed E-state index contributed by atoms with van der Waals surface area (Å²) in [6.07, 6.45) is 0.915. The summed E-state index contributed by atoms with van der Waals surface area (Å²) in [4.78, 5) is 45.6. The Labute approximate surface area is 418 Å². The van der Waals surface area contributed by atoms with E-state index in [0.29, 0.717) is 71.7 Å². The molecule has 2 aliphatic carbocycles. The Hall–Kier alpha value is -6.14. The van der Waals surface area contributed by atoms with Gasteiger partial charge in [0.1, 0.15) is 28.7 Å². The van der Waals surface area contributed by atoms with Crippen LogP contribution in [0, 0.1) is 10.8 Å². The minimum absolute atomic E-state index is 0.00723. The summed E-state index contributed by atoms with van der Waals surface area (Å²) in [5.74, 6) is -3.10. The SMILES string of the molecule is CCOc1ccc(CCCCCOc2ccc(CNC3CCC(C(=O)O)(C(=O)O)C3)cc2)cc1Cl.O=C(O)C1(C(=O)O)CCC(NCc2ccc(OCc3cc(-c4ccccc4)c(C(F)(F)F)s3)cc2)C1. The second-order valence-corrected chi connectivity index (χ2v) is 19.3. The molecule has 1 heterocycles. The number of rotatable bonds is 23. The molecule has 2 atom stereocenters. The summed E-state index contributed by atoms with van der Waals surface area (Å²) in [5, 5.41) is 44.5. The molecular formula is C53H58ClF3N2O11S. The highest BCUT2D eigenvalue weighted by Gasteiger charge is 2.53. The van der Waals surface area contributed by atoms with Crippen LogP contribution in [-0.4, -0.2) is 69.6 Å². The molecule has 18 heteroatoms. The molecule has 2 fully saturated rings. The van der Waals surface area contributed by atoms with Gasteiger partial charge in [-0.3, -0.25) is 19.2 Å². The van der Waals surface area contributed by atoms with Crippen molar-refractivity contribution < 1.29 is 67.0 Å². The number of thiophene rings is 1. The van der Waals surface area contributed by atoms with Crippen molar-refractivity contribution in [3.05, 3.63) is 135 Å². The number of benzene rings is 4. The third-order valence-electron chi connectivity index (χ3n) is 12.9. The van der Waals surface area contributed by atoms with Crippen molar-refractivity contribution in [1.82, 2.24) is 10.6 Å². The molecule has 0 spiro atoms. The molecular weight excluding hydrogens is 965 g/mol. The summed E-state index contributed by atoms with van der Waals surface area (Å²) >= 11 is 6.91. The van der Waals surface area contributed by atoms with Gasteiger partial charge in [-0.05, 0) is 136 Å². The minimum atomic E-state index is -4.46. The van der Waals surface area contributed by atoms with Gasteiger partial charge in [0.05, 0.1) is 18.2 Å². The van der Waals surface area contributed by atoms with Gasteiger partial charge in [-0.1, -0.05) is 72.3 Å². The highest BCUT2D eigenvalue weighted by atomic mass is 35.5. The number of carboxylic acid groups (broad SMARTS) is 4. The molecule has 6 N–H and O–H groups in total. The van der Waals surface area contributed by atoms with E-state index in [4.69, 9.17) is 25.8 Å². The van der Waals surface area contributed by atoms with Gasteiger partial charge in [0, 0.05) is 35.6 Å². The van der Waals surface area contributed by atoms with Crippen LogP contribution in [0.15, 0.2) is 103 Å². The van der Waals surface area contributed by atoms with Crippen molar-refractivity contribution in [3.8, 4) is 28.4 Å². The van der Waals surface area contributed by atoms with Crippen molar-refractivity contribution in [3.63, 3.8) is 0 Å². The highest BCUT2D eigenvalue weighted by Crippen LogP contribution is 2.44. The van der Waals surface area contributed by atoms with Crippen LogP contribution in [0.25, 0.3) is 11.1 Å². The first kappa shape index (κ1) is 54.2. The Kier molecular flexibility index (Phi) is 18.9. The summed E-state index contributed by atoms with van der Waals surface area (Å²) in [6.45, 7) is 4.15. The van der Waals surface area contributed by atoms with E-state index in [9.17, 15) is 52.8 Å². The van der Waals surface area contributed by atoms with Crippen LogP contribution in [0.3, 0.4) is 0 Å². The maximum atomic E-state index is 13.6. The standard InChI is InChI=1S/C27H34ClNO6.C26H24F3NO5S/c1-2-34-24-12-9-19(16-23(24)28)6-4-3-5-15-35-22-10-7-20(8-11-22)18-29-21-13-14-27(17-21,25(30)31)26(32)33;27-26(28,29)22-21(17-4-2-1-3-5-17)12-20(36-22)15-35-19-8-6-16(7-9-19)14-30-18-10-11-25(13-18,23(31)32)24(33)34/h7-12,16,21,29H,2-6,13-15,17-18H2,1H3,(H,30,31)(H,32,33);1-9,12,18,30H,10-11,13-15H2,(H,31,32)(H,33,34). The van der Waals surface area contributed by atoms with E-state index in [1.54, 1.807) is 54.6 Å². The first-order valence-corrected chi connectivity index (χ1v) is 24.6. The topological polar surface area (TPSA) is 201 Å². The fourth-order valence-electron chi connectivity index (χ4n) is 8.81. The maximum Gasteiger partial charge on any atom is 0.426 e. The van der Waals surface area contributed by atoms with E-state index >= 15 is 0 Å². The first-order chi connectivity index (χ1) is 33.9. The number of hydrogen-bond acceptors (Lipinski definition) is 10. The lowest BCUT2D eigenvalue weighted by Crippen LogP contribution is -2.39. The molecule has 0 aliphatic heterocycles. The van der Waals surface area contributed by atoms with Crippen LogP contribution in [0.4, 0.5) is 13.2 Å². The molecule has 2 aliphatic rings. The third kappa shape index (κ3) is 14.5. The highest BCUT2D eigenvalue weighted by molar-refractivity contribution is 7.12. The van der Waals surface area contributed by atoms with Gasteiger partial charge in [-0.15, -0.1) is 11.3 Å². The van der Waals surface area contributed by atoms with Gasteiger partial charge in [0.2, 0.25) is 0 Å². The van der Waals surface area contributed by atoms with Gasteiger partial charge >= 0.3 is 30.1 Å². The smallest absolute Gasteiger partial charge is 0.426 e. The number of alkyl halides is 3. The van der Waals surface area contributed by atoms with Crippen LogP contribution in [0.5, 0.6) is 17.2 Å². The van der Waals surface area contributed by atoms with Gasteiger partial charge < -0.3 is 45.3 Å². The molecule has 380 valence electrons. The summed E-state index contributed by atoms with van der Waals surface area (Å²) in [6, 6.07) is 30.3. The number of unbranched alkanes of at least 4 members (excludes halogenated alkanes) is 2. The largest absolute Gasteiger partial charge is 0.494 e. The quantitative estimate of drug-likeness (QED) is 0.0267. The van der Waals surface area contributed by atoms with Crippen molar-refractivity contribution in [1.29, 1.82) is 0 Å². The lowest BCUT2D eigenvalue weighted by atomic mass is 9.86. The molecule has 4 aromatic carbocycles. The molecule has 0 bridgehead atoms. The predicted octanol–water partition coefficient (Wildman–Crippen LogP) is 11.1. The Bertz CT molecular complexity index is 2550. The Morgan fingerprint density at radius 2 is 1.20 bits per heavy atom. The second-order valence-electron chi connectivity index (χ2n) is 17.8. The lowest BCUT2D eigenvalue weighted by Gasteiger charge is -2.19. The van der Waals surface area contributed by atoms with Crippen molar-refractivity contribution in [2.45, 2.75) is 109 Å². The number of ether oxygens (including phenoxy) is 3. The number of carbonyl (C=O) groups is 4. The zero-order valence-electron chi connectivity index (χ0n) is 39.1. The van der Waals surface area contributed by atoms with Crippen LogP contribution in [-0.2, 0) is 51.5 Å². The van der Waals surface area contributed by atoms with E-state index in [1.807, 2.05) is 43.3 Å². The van der Waals surface area contributed by atoms with Crippen LogP contribution in [0.2, 0.25) is 5.02 Å². The number of aliphatic carboxylic acids is 4. The van der Waals surface area contributed by atoms with Crippen molar-refractivity contribution in [2.75, 3.05) is 13.2 Å². The number of nitrogens with one attached hydrogen (secondary N) is 2. The molecule has 5 aromatic rings. The molecule has 0 amide bonds. The predicted molar refractivity (Wildman–Crippen MR) is 262 cm³/mol. The van der Waals surface area contributed by atoms with Crippen molar-refractivity contribution in [2.24, 2.45) is 10.8 Å². The first-order valence-electron chi connectivity index (χ1n) is 23.4. The zero-order chi connectivity index (χ0) is 51.2. The Morgan fingerprint density at radius 1 is 0.676 bits per heavy atom. The fraction of sp³-hybridized carbons (Fsp3) is 0.396. The molecule has 1 aromatic heterocycles. The number of aryl methyl sites for hydroxylation is 1. The van der Waals surface area contributed by atoms with Crippen LogP contribution >= 0.6 is 22.9 Å². The van der Waals surface area contributed by atoms with Gasteiger partial charge in [-0.2, -0.15) is 13.2 Å². The molecule has 0 saturated heterocycles. The van der Waals surface area contributed by atoms with Gasteiger partial charge in [0.15, 0.2) is 10.8 Å². The monoisotopic (exact) mass is 1020 g/mol. The number of carboxylic acids is 4. The van der Waals surface area contributed by atoms with E-state index in [2.05, 4.69) is 16.7 Å². The lowest BCUT2D eigenvalue weighted by molar-refractivity contribution is -0.166. The number of halogens is 4. The van der Waals surface area contributed by atoms with E-state index in [0.717, 1.165) is 48.3 Å². The van der Waals surface area contributed by atoms with Gasteiger partial charge in [-0.25, -0.2) is 0 Å². The molecule has 2 saturated carbocycles. The molecule has 2 unspecified atom stereocenters. The fourth-order valence-corrected chi connectivity index (χ4v) is 10.0. The normalized spacial score (nSPS) is 16.9. The zero-order valence-corrected chi connectivity index (χ0v) is 40.7. The molecule has 71 heavy (non-hydrogen) atoms. The average Bonchev–Trinajstić information content (AvgIpc) is 4.12. The van der Waals surface area contributed by atoms with E-state index in [-0.39, 0.29) is 49.9 Å². The van der Waals surface area contributed by atoms with Crippen molar-refractivity contribution >= 4 is 46.8 Å². The minimum Gasteiger partial charge on any atom is -0.494 e.